The summed E-state index contributed by atoms with van der Waals surface area (Å²) in [7, 11) is 0. The van der Waals surface area contributed by atoms with E-state index >= 15 is 0 Å². The Balaban J connectivity index is 3.21. The van der Waals surface area contributed by atoms with E-state index in [2.05, 4.69) is 23.7 Å². The molecule has 0 N–H and O–H groups in total. The van der Waals surface area contributed by atoms with Crippen LogP contribution >= 0.6 is 0 Å². The maximum Gasteiger partial charge on any atom is 0.0802 e. The molecule has 0 heterocycles. The zero-order valence-electron chi connectivity index (χ0n) is 11.3. The van der Waals surface area contributed by atoms with Gasteiger partial charge in [0, 0.05) is 0 Å². The number of hydrogen-bond donors (Lipinski definition) is 0. The molecule has 1 aromatic carbocycles. The fraction of sp³-hybridized carbons (Fsp3) is 0.222. The van der Waals surface area contributed by atoms with Crippen LogP contribution in [0.5, 0.6) is 0 Å². The first-order chi connectivity index (χ1) is 9.78. The van der Waals surface area contributed by atoms with E-state index in [9.17, 15) is 0 Å². The van der Waals surface area contributed by atoms with E-state index in [-0.39, 0.29) is 0 Å². The van der Waals surface area contributed by atoms with Crippen molar-refractivity contribution in [1.82, 2.24) is 0 Å². The first-order valence-electron chi connectivity index (χ1n) is 6.11. The van der Waals surface area contributed by atoms with E-state index in [1.807, 2.05) is 34.1 Å². The minimum absolute atomic E-state index is 0.432. The normalized spacial score (nSPS) is 8.60. The Morgan fingerprint density at radius 1 is 0.650 bits per heavy atom. The lowest BCUT2D eigenvalue weighted by molar-refractivity contribution is 0.942. The van der Waals surface area contributed by atoms with E-state index in [1.54, 1.807) is 0 Å². The summed E-state index contributed by atoms with van der Waals surface area (Å²) in [6.07, 6.45) is 21.6. The van der Waals surface area contributed by atoms with E-state index < -0.39 is 0 Å². The van der Waals surface area contributed by atoms with Gasteiger partial charge in [-0.15, -0.1) is 25.7 Å². The predicted octanol–water partition coefficient (Wildman–Crippen LogP) is 1.83. The minimum atomic E-state index is 0.432. The predicted molar refractivity (Wildman–Crippen MR) is 86.2 cm³/mol. The van der Waals surface area contributed by atoms with Crippen LogP contribution in [0.2, 0.25) is 0 Å². The van der Waals surface area contributed by atoms with E-state index in [4.69, 9.17) is 25.7 Å². The topological polar surface area (TPSA) is 6.48 Å². The molecule has 0 saturated heterocycles. The van der Waals surface area contributed by atoms with Gasteiger partial charge in [-0.1, -0.05) is 35.8 Å². The van der Waals surface area contributed by atoms with Gasteiger partial charge in [-0.3, -0.25) is 0 Å². The summed E-state index contributed by atoms with van der Waals surface area (Å²) in [5, 5.41) is 0. The average molecular weight is 260 g/mol. The van der Waals surface area contributed by atoms with Crippen molar-refractivity contribution in [3.8, 4) is 49.4 Å². The summed E-state index contributed by atoms with van der Waals surface area (Å²) in [6.45, 7) is 1.73. The smallest absolute Gasteiger partial charge is 0.0802 e. The van der Waals surface area contributed by atoms with Gasteiger partial charge in [-0.25, -0.2) is 0 Å². The van der Waals surface area contributed by atoms with Gasteiger partial charge in [0.1, 0.15) is 0 Å². The van der Waals surface area contributed by atoms with Crippen LogP contribution in [0, 0.1) is 49.4 Å². The molecule has 0 radical (unpaired) electrons. The number of terminal acetylenes is 4. The van der Waals surface area contributed by atoms with Gasteiger partial charge in [0.2, 0.25) is 0 Å². The molecule has 0 spiro atoms. The van der Waals surface area contributed by atoms with Crippen molar-refractivity contribution in [2.45, 2.75) is 0 Å². The second kappa shape index (κ2) is 8.21. The first-order valence-corrected chi connectivity index (χ1v) is 6.11. The van der Waals surface area contributed by atoms with Crippen molar-refractivity contribution in [2.24, 2.45) is 0 Å². The van der Waals surface area contributed by atoms with E-state index in [1.165, 1.54) is 0 Å². The number of para-hydroxylation sites is 2. The first kappa shape index (κ1) is 15.1. The van der Waals surface area contributed by atoms with Crippen LogP contribution in [-0.4, -0.2) is 26.2 Å². The highest BCUT2D eigenvalue weighted by molar-refractivity contribution is 5.72. The van der Waals surface area contributed by atoms with Gasteiger partial charge in [-0.05, 0) is 12.1 Å². The lowest BCUT2D eigenvalue weighted by Crippen LogP contribution is -2.29. The van der Waals surface area contributed by atoms with Gasteiger partial charge in [-0.2, -0.15) is 0 Å². The van der Waals surface area contributed by atoms with E-state index in [0.717, 1.165) is 11.4 Å². The average Bonchev–Trinajstić information content (AvgIpc) is 2.47. The Hall–Kier alpha value is -2.94. The molecular formula is C18H16N2. The molecule has 0 unspecified atom stereocenters. The highest BCUT2D eigenvalue weighted by Crippen LogP contribution is 2.28. The van der Waals surface area contributed by atoms with Gasteiger partial charge in [0.15, 0.2) is 0 Å². The van der Waals surface area contributed by atoms with Gasteiger partial charge in [0.25, 0.3) is 0 Å². The van der Waals surface area contributed by atoms with Crippen molar-refractivity contribution in [3.63, 3.8) is 0 Å². The zero-order valence-corrected chi connectivity index (χ0v) is 11.3. The van der Waals surface area contributed by atoms with E-state index in [0.29, 0.717) is 26.2 Å². The highest BCUT2D eigenvalue weighted by Gasteiger charge is 2.13. The summed E-state index contributed by atoms with van der Waals surface area (Å²) < 4.78 is 0. The van der Waals surface area contributed by atoms with Crippen LogP contribution in [0.15, 0.2) is 24.3 Å². The van der Waals surface area contributed by atoms with Crippen LogP contribution in [-0.2, 0) is 0 Å². The number of benzene rings is 1. The fourth-order valence-electron chi connectivity index (χ4n) is 1.89. The molecule has 1 rings (SSSR count). The number of anilines is 2. The maximum absolute atomic E-state index is 5.40. The van der Waals surface area contributed by atoms with Gasteiger partial charge >= 0.3 is 0 Å². The van der Waals surface area contributed by atoms with Crippen LogP contribution < -0.4 is 9.80 Å². The molecule has 0 bridgehead atoms. The van der Waals surface area contributed by atoms with Crippen LogP contribution in [0.1, 0.15) is 0 Å². The zero-order chi connectivity index (χ0) is 14.8. The third kappa shape index (κ3) is 3.78. The standard InChI is InChI=1S/C18H16N2/c1-5-13-19(14-6-2)17-11-9-10-12-18(17)20(15-7-3)16-8-4/h1-4,9-12H,13-16H2. The number of nitrogens with zero attached hydrogens (tertiary/aromatic N) is 2. The van der Waals surface area contributed by atoms with Crippen LogP contribution in [0.25, 0.3) is 0 Å². The Labute approximate surface area is 121 Å². The Morgan fingerprint density at radius 2 is 0.950 bits per heavy atom. The van der Waals surface area contributed by atoms with Crippen molar-refractivity contribution >= 4 is 11.4 Å². The number of rotatable bonds is 6. The molecule has 2 heteroatoms. The van der Waals surface area contributed by atoms with Gasteiger partial charge < -0.3 is 9.80 Å². The maximum atomic E-state index is 5.40. The summed E-state index contributed by atoms with van der Waals surface area (Å²) in [5.41, 5.74) is 1.88. The molecule has 0 amide bonds. The molecule has 0 saturated carbocycles. The molecular weight excluding hydrogens is 244 g/mol. The molecule has 0 aliphatic rings. The Bertz CT molecular complexity index is 515. The number of hydrogen-bond acceptors (Lipinski definition) is 2. The third-order valence-corrected chi connectivity index (χ3v) is 2.69. The third-order valence-electron chi connectivity index (χ3n) is 2.69. The van der Waals surface area contributed by atoms with Gasteiger partial charge in [0.05, 0.1) is 37.6 Å². The Kier molecular flexibility index (Phi) is 6.21. The van der Waals surface area contributed by atoms with Crippen LogP contribution in [0.3, 0.4) is 0 Å². The largest absolute Gasteiger partial charge is 0.348 e. The monoisotopic (exact) mass is 260 g/mol. The molecule has 0 aromatic heterocycles. The molecule has 0 aliphatic carbocycles. The van der Waals surface area contributed by atoms with Crippen molar-refractivity contribution in [1.29, 1.82) is 0 Å². The van der Waals surface area contributed by atoms with Crippen LogP contribution in [0.4, 0.5) is 11.4 Å². The molecule has 0 atom stereocenters. The lowest BCUT2D eigenvalue weighted by atomic mass is 10.2. The fourth-order valence-corrected chi connectivity index (χ4v) is 1.89. The summed E-state index contributed by atoms with van der Waals surface area (Å²) >= 11 is 0. The Morgan fingerprint density at radius 3 is 1.20 bits per heavy atom. The molecule has 1 aromatic rings. The summed E-state index contributed by atoms with van der Waals surface area (Å²) in [5.74, 6) is 10.4. The summed E-state index contributed by atoms with van der Waals surface area (Å²) in [6, 6.07) is 7.79. The van der Waals surface area contributed by atoms with Crippen molar-refractivity contribution < 1.29 is 0 Å². The second-order valence-electron chi connectivity index (χ2n) is 4.02. The molecule has 98 valence electrons. The molecule has 2 nitrogen and oxygen atoms in total. The molecule has 0 fully saturated rings. The minimum Gasteiger partial charge on any atom is -0.348 e. The second-order valence-corrected chi connectivity index (χ2v) is 4.02. The SMILES string of the molecule is C#CCN(CC#C)c1ccccc1N(CC#C)CC#C. The lowest BCUT2D eigenvalue weighted by Gasteiger charge is -2.28. The quantitative estimate of drug-likeness (QED) is 0.720. The van der Waals surface area contributed by atoms with Crippen molar-refractivity contribution in [3.05, 3.63) is 24.3 Å². The molecule has 20 heavy (non-hydrogen) atoms. The highest BCUT2D eigenvalue weighted by atomic mass is 15.2. The summed E-state index contributed by atoms with van der Waals surface area (Å²) in [4.78, 5) is 3.88. The van der Waals surface area contributed by atoms with Crippen molar-refractivity contribution in [2.75, 3.05) is 36.0 Å². The molecule has 0 aliphatic heterocycles.